The monoisotopic (exact) mass is 148 g/mol. The molecule has 0 saturated heterocycles. The van der Waals surface area contributed by atoms with Crippen LogP contribution in [0.3, 0.4) is 0 Å². The standard InChI is InChI=1S/C9H10NO/c10-9-7-4-2-1-3-6(7)5-8(9)11/h1-4,8-11H,5H2/q-1/t8-,9+/m0/s1. The first-order chi connectivity index (χ1) is 5.29. The summed E-state index contributed by atoms with van der Waals surface area (Å²) in [4.78, 5) is 0. The molecule has 0 aliphatic heterocycles. The van der Waals surface area contributed by atoms with Crippen LogP contribution in [0.2, 0.25) is 0 Å². The Kier molecular flexibility index (Phi) is 1.44. The lowest BCUT2D eigenvalue weighted by Crippen LogP contribution is -2.08. The van der Waals surface area contributed by atoms with E-state index in [9.17, 15) is 5.11 Å². The lowest BCUT2D eigenvalue weighted by Gasteiger charge is -2.17. The smallest absolute Gasteiger partial charge is 0.0459 e. The van der Waals surface area contributed by atoms with Crippen LogP contribution in [0.5, 0.6) is 0 Å². The van der Waals surface area contributed by atoms with Gasteiger partial charge in [0.2, 0.25) is 0 Å². The summed E-state index contributed by atoms with van der Waals surface area (Å²) in [5.74, 6) is 0. The van der Waals surface area contributed by atoms with Gasteiger partial charge in [-0.05, 0) is 12.0 Å². The summed E-state index contributed by atoms with van der Waals surface area (Å²) in [7, 11) is 0. The largest absolute Gasteiger partial charge is 0.669 e. The Bertz CT molecular complexity index is 272. The lowest BCUT2D eigenvalue weighted by atomic mass is 10.1. The summed E-state index contributed by atoms with van der Waals surface area (Å²) in [6.07, 6.45) is 0.150. The highest BCUT2D eigenvalue weighted by Crippen LogP contribution is 2.32. The second kappa shape index (κ2) is 2.32. The maximum absolute atomic E-state index is 9.33. The number of aliphatic hydroxyl groups excluding tert-OH is 1. The fraction of sp³-hybridized carbons (Fsp3) is 0.333. The van der Waals surface area contributed by atoms with Crippen molar-refractivity contribution in [3.05, 3.63) is 41.1 Å². The SMILES string of the molecule is [NH-][C@@H]1c2ccccc2C[C@@H]1O. The van der Waals surface area contributed by atoms with Crippen molar-refractivity contribution >= 4 is 0 Å². The van der Waals surface area contributed by atoms with E-state index in [-0.39, 0.29) is 0 Å². The van der Waals surface area contributed by atoms with E-state index < -0.39 is 12.1 Å². The summed E-state index contributed by atoms with van der Waals surface area (Å²) in [5, 5.41) is 9.33. The van der Waals surface area contributed by atoms with Gasteiger partial charge >= 0.3 is 0 Å². The second-order valence-electron chi connectivity index (χ2n) is 2.95. The van der Waals surface area contributed by atoms with E-state index in [1.807, 2.05) is 24.3 Å². The molecule has 2 N–H and O–H groups in total. The number of nitrogens with one attached hydrogen (secondary N) is 1. The summed E-state index contributed by atoms with van der Waals surface area (Å²) in [5.41, 5.74) is 9.68. The van der Waals surface area contributed by atoms with Gasteiger partial charge in [0.05, 0.1) is 0 Å². The summed E-state index contributed by atoms with van der Waals surface area (Å²) >= 11 is 0. The molecule has 11 heavy (non-hydrogen) atoms. The third-order valence-electron chi connectivity index (χ3n) is 2.20. The van der Waals surface area contributed by atoms with E-state index >= 15 is 0 Å². The Morgan fingerprint density at radius 2 is 2.09 bits per heavy atom. The van der Waals surface area contributed by atoms with E-state index in [0.29, 0.717) is 6.42 Å². The van der Waals surface area contributed by atoms with Crippen LogP contribution in [0.1, 0.15) is 17.2 Å². The molecule has 0 unspecified atom stereocenters. The molecule has 58 valence electrons. The topological polar surface area (TPSA) is 44.0 Å². The van der Waals surface area contributed by atoms with Crippen LogP contribution < -0.4 is 0 Å². The average Bonchev–Trinajstić information content (AvgIpc) is 2.30. The number of rotatable bonds is 0. The van der Waals surface area contributed by atoms with Gasteiger partial charge in [0.25, 0.3) is 0 Å². The molecule has 1 aromatic rings. The van der Waals surface area contributed by atoms with E-state index in [1.54, 1.807) is 0 Å². The fourth-order valence-electron chi connectivity index (χ4n) is 1.57. The maximum Gasteiger partial charge on any atom is 0.0459 e. The Labute approximate surface area is 65.7 Å². The van der Waals surface area contributed by atoms with Gasteiger partial charge in [0.1, 0.15) is 0 Å². The maximum atomic E-state index is 9.33. The number of fused-ring (bicyclic) bond motifs is 1. The number of aliphatic hydroxyl groups is 1. The molecule has 2 nitrogen and oxygen atoms in total. The average molecular weight is 148 g/mol. The first kappa shape index (κ1) is 6.83. The zero-order valence-corrected chi connectivity index (χ0v) is 6.12. The van der Waals surface area contributed by atoms with Crippen molar-refractivity contribution in [1.82, 2.24) is 0 Å². The molecule has 0 bridgehead atoms. The third-order valence-corrected chi connectivity index (χ3v) is 2.20. The van der Waals surface area contributed by atoms with Crippen molar-refractivity contribution in [1.29, 1.82) is 0 Å². The van der Waals surface area contributed by atoms with Crippen LogP contribution in [0.25, 0.3) is 5.73 Å². The highest BCUT2D eigenvalue weighted by atomic mass is 16.3. The molecule has 1 aliphatic carbocycles. The van der Waals surface area contributed by atoms with Crippen molar-refractivity contribution in [2.75, 3.05) is 0 Å². The Morgan fingerprint density at radius 1 is 1.36 bits per heavy atom. The van der Waals surface area contributed by atoms with E-state index in [0.717, 1.165) is 11.1 Å². The van der Waals surface area contributed by atoms with Crippen molar-refractivity contribution in [2.45, 2.75) is 18.6 Å². The van der Waals surface area contributed by atoms with Crippen molar-refractivity contribution in [2.24, 2.45) is 0 Å². The summed E-state index contributed by atoms with van der Waals surface area (Å²) in [6, 6.07) is 7.34. The Hall–Kier alpha value is -0.860. The zero-order chi connectivity index (χ0) is 7.84. The minimum Gasteiger partial charge on any atom is -0.669 e. The summed E-state index contributed by atoms with van der Waals surface area (Å²) < 4.78 is 0. The molecule has 0 heterocycles. The molecule has 0 radical (unpaired) electrons. The van der Waals surface area contributed by atoms with Crippen LogP contribution in [0.15, 0.2) is 24.3 Å². The zero-order valence-electron chi connectivity index (χ0n) is 6.12. The van der Waals surface area contributed by atoms with Crippen LogP contribution in [0.4, 0.5) is 0 Å². The van der Waals surface area contributed by atoms with Gasteiger partial charge in [-0.2, -0.15) is 0 Å². The molecule has 2 heteroatoms. The quantitative estimate of drug-likeness (QED) is 0.597. The Balaban J connectivity index is 2.47. The fourth-order valence-corrected chi connectivity index (χ4v) is 1.57. The van der Waals surface area contributed by atoms with Gasteiger partial charge in [-0.3, -0.25) is 0 Å². The first-order valence-corrected chi connectivity index (χ1v) is 3.76. The van der Waals surface area contributed by atoms with Gasteiger partial charge < -0.3 is 10.8 Å². The second-order valence-corrected chi connectivity index (χ2v) is 2.95. The number of benzene rings is 1. The predicted octanol–water partition coefficient (Wildman–Crippen LogP) is 1.70. The normalized spacial score (nSPS) is 28.5. The molecule has 1 aromatic carbocycles. The molecule has 0 amide bonds. The van der Waals surface area contributed by atoms with E-state index in [2.05, 4.69) is 0 Å². The first-order valence-electron chi connectivity index (χ1n) is 3.76. The molecular formula is C9H10NO-. The molecular weight excluding hydrogens is 138 g/mol. The Morgan fingerprint density at radius 3 is 2.82 bits per heavy atom. The van der Waals surface area contributed by atoms with Crippen LogP contribution in [-0.2, 0) is 6.42 Å². The summed E-state index contributed by atoms with van der Waals surface area (Å²) in [6.45, 7) is 0. The minimum absolute atomic E-state index is 0.425. The van der Waals surface area contributed by atoms with Gasteiger partial charge in [0.15, 0.2) is 0 Å². The van der Waals surface area contributed by atoms with Gasteiger partial charge in [-0.25, -0.2) is 0 Å². The molecule has 2 atom stereocenters. The molecule has 0 fully saturated rings. The number of hydrogen-bond acceptors (Lipinski definition) is 1. The van der Waals surface area contributed by atoms with Crippen molar-refractivity contribution in [3.8, 4) is 0 Å². The molecule has 0 saturated carbocycles. The van der Waals surface area contributed by atoms with Gasteiger partial charge in [-0.1, -0.05) is 35.9 Å². The molecule has 0 spiro atoms. The molecule has 0 aromatic heterocycles. The number of hydrogen-bond donors (Lipinski definition) is 1. The molecule has 2 rings (SSSR count). The van der Waals surface area contributed by atoms with Gasteiger partial charge in [-0.15, -0.1) is 0 Å². The van der Waals surface area contributed by atoms with E-state index in [4.69, 9.17) is 5.73 Å². The van der Waals surface area contributed by atoms with Gasteiger partial charge in [0, 0.05) is 6.10 Å². The molecule has 1 aliphatic rings. The third kappa shape index (κ3) is 0.951. The predicted molar refractivity (Wildman–Crippen MR) is 43.2 cm³/mol. The van der Waals surface area contributed by atoms with Crippen LogP contribution >= 0.6 is 0 Å². The van der Waals surface area contributed by atoms with Crippen molar-refractivity contribution < 1.29 is 5.11 Å². The highest BCUT2D eigenvalue weighted by Gasteiger charge is 2.21. The highest BCUT2D eigenvalue weighted by molar-refractivity contribution is 5.37. The lowest BCUT2D eigenvalue weighted by molar-refractivity contribution is 0.172. The van der Waals surface area contributed by atoms with E-state index in [1.165, 1.54) is 0 Å². The van der Waals surface area contributed by atoms with Crippen LogP contribution in [-0.4, -0.2) is 11.2 Å². The minimum atomic E-state index is -0.493. The van der Waals surface area contributed by atoms with Crippen molar-refractivity contribution in [3.63, 3.8) is 0 Å². The van der Waals surface area contributed by atoms with Crippen LogP contribution in [0, 0.1) is 0 Å².